The Labute approximate surface area is 113 Å². The van der Waals surface area contributed by atoms with Crippen molar-refractivity contribution in [3.05, 3.63) is 70.8 Å². The first-order valence-corrected chi connectivity index (χ1v) is 6.26. The van der Waals surface area contributed by atoms with Crippen molar-refractivity contribution in [1.82, 2.24) is 5.32 Å². The van der Waals surface area contributed by atoms with E-state index in [2.05, 4.69) is 31.3 Å². The molecule has 0 aliphatic rings. The molecular formula is C16H18N2O. The molecule has 1 unspecified atom stereocenters. The molecule has 0 aromatic heterocycles. The fraction of sp³-hybridized carbons (Fsp3) is 0.188. The summed E-state index contributed by atoms with van der Waals surface area (Å²) in [5, 5.41) is 2.80. The Bertz CT molecular complexity index is 579. The highest BCUT2D eigenvalue weighted by Crippen LogP contribution is 2.23. The van der Waals surface area contributed by atoms with Crippen LogP contribution in [0, 0.1) is 13.8 Å². The second-order valence-corrected chi connectivity index (χ2v) is 4.70. The van der Waals surface area contributed by atoms with Gasteiger partial charge in [-0.1, -0.05) is 48.5 Å². The van der Waals surface area contributed by atoms with Gasteiger partial charge in [-0.2, -0.15) is 0 Å². The Morgan fingerprint density at radius 1 is 1.00 bits per heavy atom. The molecule has 3 nitrogen and oxygen atoms in total. The van der Waals surface area contributed by atoms with Crippen LogP contribution in [0.15, 0.2) is 48.5 Å². The minimum atomic E-state index is -0.521. The number of nitrogens with two attached hydrogens (primary N) is 1. The van der Waals surface area contributed by atoms with Gasteiger partial charge in [-0.05, 0) is 36.1 Å². The quantitative estimate of drug-likeness (QED) is 0.869. The van der Waals surface area contributed by atoms with Crippen LogP contribution in [-0.2, 0) is 0 Å². The highest BCUT2D eigenvalue weighted by atomic mass is 16.2. The monoisotopic (exact) mass is 254 g/mol. The van der Waals surface area contributed by atoms with Crippen molar-refractivity contribution in [2.75, 3.05) is 0 Å². The van der Waals surface area contributed by atoms with Crippen molar-refractivity contribution < 1.29 is 4.79 Å². The second-order valence-electron chi connectivity index (χ2n) is 4.70. The maximum absolute atomic E-state index is 11.2. The highest BCUT2D eigenvalue weighted by molar-refractivity contribution is 5.73. The molecule has 0 heterocycles. The molecule has 2 amide bonds. The van der Waals surface area contributed by atoms with Crippen molar-refractivity contribution in [2.24, 2.45) is 5.73 Å². The van der Waals surface area contributed by atoms with Crippen LogP contribution >= 0.6 is 0 Å². The summed E-state index contributed by atoms with van der Waals surface area (Å²) in [7, 11) is 0. The molecule has 0 saturated heterocycles. The largest absolute Gasteiger partial charge is 0.352 e. The molecule has 2 aromatic rings. The molecule has 0 saturated carbocycles. The Balaban J connectivity index is 2.42. The van der Waals surface area contributed by atoms with E-state index in [1.54, 1.807) is 0 Å². The molecular weight excluding hydrogens is 236 g/mol. The molecule has 3 heteroatoms. The molecule has 2 aromatic carbocycles. The first kappa shape index (κ1) is 13.1. The Kier molecular flexibility index (Phi) is 3.85. The molecule has 0 aliphatic carbocycles. The van der Waals surface area contributed by atoms with E-state index in [0.29, 0.717) is 0 Å². The third kappa shape index (κ3) is 3.13. The van der Waals surface area contributed by atoms with Crippen LogP contribution in [0.3, 0.4) is 0 Å². The molecule has 2 rings (SSSR count). The number of aryl methyl sites for hydroxylation is 2. The lowest BCUT2D eigenvalue weighted by Gasteiger charge is -2.19. The number of amides is 2. The van der Waals surface area contributed by atoms with Crippen LogP contribution in [0.5, 0.6) is 0 Å². The summed E-state index contributed by atoms with van der Waals surface area (Å²) in [5.41, 5.74) is 9.77. The van der Waals surface area contributed by atoms with Gasteiger partial charge in [-0.25, -0.2) is 4.79 Å². The lowest BCUT2D eigenvalue weighted by molar-refractivity contribution is 0.247. The lowest BCUT2D eigenvalue weighted by atomic mass is 9.96. The summed E-state index contributed by atoms with van der Waals surface area (Å²) in [6, 6.07) is 15.3. The number of carbonyl (C=O) groups excluding carboxylic acids is 1. The summed E-state index contributed by atoms with van der Waals surface area (Å²) >= 11 is 0. The van der Waals surface area contributed by atoms with Gasteiger partial charge in [-0.15, -0.1) is 0 Å². The van der Waals surface area contributed by atoms with Gasteiger partial charge in [0.2, 0.25) is 0 Å². The predicted octanol–water partition coefficient (Wildman–Crippen LogP) is 3.06. The van der Waals surface area contributed by atoms with Crippen molar-refractivity contribution in [2.45, 2.75) is 19.9 Å². The molecule has 0 spiro atoms. The van der Waals surface area contributed by atoms with Crippen molar-refractivity contribution >= 4 is 6.03 Å². The summed E-state index contributed by atoms with van der Waals surface area (Å²) in [5.74, 6) is 0. The van der Waals surface area contributed by atoms with E-state index in [4.69, 9.17) is 5.73 Å². The second kappa shape index (κ2) is 5.57. The fourth-order valence-corrected chi connectivity index (χ4v) is 2.09. The number of hydrogen-bond acceptors (Lipinski definition) is 1. The van der Waals surface area contributed by atoms with E-state index < -0.39 is 6.03 Å². The Morgan fingerprint density at radius 2 is 1.68 bits per heavy atom. The molecule has 19 heavy (non-hydrogen) atoms. The summed E-state index contributed by atoms with van der Waals surface area (Å²) < 4.78 is 0. The summed E-state index contributed by atoms with van der Waals surface area (Å²) in [6.07, 6.45) is 0. The van der Waals surface area contributed by atoms with Gasteiger partial charge in [0.25, 0.3) is 0 Å². The summed E-state index contributed by atoms with van der Waals surface area (Å²) in [4.78, 5) is 11.2. The van der Waals surface area contributed by atoms with Crippen molar-refractivity contribution in [3.63, 3.8) is 0 Å². The van der Waals surface area contributed by atoms with Gasteiger partial charge in [0.05, 0.1) is 6.04 Å². The molecule has 98 valence electrons. The minimum absolute atomic E-state index is 0.210. The van der Waals surface area contributed by atoms with Crippen LogP contribution in [0.4, 0.5) is 4.79 Å². The fourth-order valence-electron chi connectivity index (χ4n) is 2.09. The molecule has 0 fully saturated rings. The standard InChI is InChI=1S/C16H18N2O/c1-11-8-9-14(10-12(11)2)15(18-16(17)19)13-6-4-3-5-7-13/h3-10,15H,1-2H3,(H3,17,18,19). The van der Waals surface area contributed by atoms with E-state index in [1.165, 1.54) is 11.1 Å². The number of benzene rings is 2. The Hall–Kier alpha value is -2.29. The lowest BCUT2D eigenvalue weighted by Crippen LogP contribution is -2.33. The van der Waals surface area contributed by atoms with E-state index in [-0.39, 0.29) is 6.04 Å². The number of carbonyl (C=O) groups is 1. The zero-order chi connectivity index (χ0) is 13.8. The average molecular weight is 254 g/mol. The first-order chi connectivity index (χ1) is 9.08. The topological polar surface area (TPSA) is 55.1 Å². The molecule has 1 atom stereocenters. The van der Waals surface area contributed by atoms with Crippen LogP contribution in [0.1, 0.15) is 28.3 Å². The van der Waals surface area contributed by atoms with E-state index in [0.717, 1.165) is 11.1 Å². The number of primary amides is 1. The van der Waals surface area contributed by atoms with E-state index in [9.17, 15) is 4.79 Å². The molecule has 3 N–H and O–H groups in total. The summed E-state index contributed by atoms with van der Waals surface area (Å²) in [6.45, 7) is 4.13. The van der Waals surface area contributed by atoms with E-state index >= 15 is 0 Å². The number of nitrogens with one attached hydrogen (secondary N) is 1. The van der Waals surface area contributed by atoms with Gasteiger partial charge >= 0.3 is 6.03 Å². The zero-order valence-electron chi connectivity index (χ0n) is 11.2. The molecule has 0 aliphatic heterocycles. The van der Waals surface area contributed by atoms with Gasteiger partial charge in [0.15, 0.2) is 0 Å². The number of rotatable bonds is 3. The predicted molar refractivity (Wildman–Crippen MR) is 76.9 cm³/mol. The average Bonchev–Trinajstić information content (AvgIpc) is 2.40. The van der Waals surface area contributed by atoms with Crippen LogP contribution < -0.4 is 11.1 Å². The maximum Gasteiger partial charge on any atom is 0.312 e. The van der Waals surface area contributed by atoms with Crippen molar-refractivity contribution in [1.29, 1.82) is 0 Å². The third-order valence-corrected chi connectivity index (χ3v) is 3.28. The molecule has 0 bridgehead atoms. The third-order valence-electron chi connectivity index (χ3n) is 3.28. The number of urea groups is 1. The highest BCUT2D eigenvalue weighted by Gasteiger charge is 2.15. The van der Waals surface area contributed by atoms with Crippen LogP contribution in [-0.4, -0.2) is 6.03 Å². The first-order valence-electron chi connectivity index (χ1n) is 6.26. The molecule has 0 radical (unpaired) electrons. The number of hydrogen-bond donors (Lipinski definition) is 2. The van der Waals surface area contributed by atoms with Gasteiger partial charge in [0, 0.05) is 0 Å². The minimum Gasteiger partial charge on any atom is -0.352 e. The van der Waals surface area contributed by atoms with Gasteiger partial charge in [-0.3, -0.25) is 0 Å². The van der Waals surface area contributed by atoms with Gasteiger partial charge in [0.1, 0.15) is 0 Å². The van der Waals surface area contributed by atoms with E-state index in [1.807, 2.05) is 36.4 Å². The van der Waals surface area contributed by atoms with Crippen LogP contribution in [0.25, 0.3) is 0 Å². The maximum atomic E-state index is 11.2. The normalized spacial score (nSPS) is 11.9. The SMILES string of the molecule is Cc1ccc(C(NC(N)=O)c2ccccc2)cc1C. The Morgan fingerprint density at radius 3 is 2.26 bits per heavy atom. The van der Waals surface area contributed by atoms with Crippen LogP contribution in [0.2, 0.25) is 0 Å². The zero-order valence-corrected chi connectivity index (χ0v) is 11.2. The van der Waals surface area contributed by atoms with Gasteiger partial charge < -0.3 is 11.1 Å². The van der Waals surface area contributed by atoms with Crippen molar-refractivity contribution in [3.8, 4) is 0 Å². The smallest absolute Gasteiger partial charge is 0.312 e.